The van der Waals surface area contributed by atoms with Crippen molar-refractivity contribution >= 4 is 11.9 Å². The van der Waals surface area contributed by atoms with Crippen LogP contribution in [0.4, 0.5) is 0 Å². The molecule has 1 atom stereocenters. The summed E-state index contributed by atoms with van der Waals surface area (Å²) in [5, 5.41) is 8.63. The van der Waals surface area contributed by atoms with Crippen molar-refractivity contribution in [3.8, 4) is 11.5 Å². The van der Waals surface area contributed by atoms with E-state index in [0.29, 0.717) is 18.7 Å². The molecule has 1 unspecified atom stereocenters. The maximum atomic E-state index is 12.6. The van der Waals surface area contributed by atoms with Gasteiger partial charge >= 0.3 is 5.97 Å². The number of para-hydroxylation sites is 1. The van der Waals surface area contributed by atoms with Crippen molar-refractivity contribution in [3.05, 3.63) is 59.7 Å². The molecule has 150 valence electrons. The molecular formula is C22H27NO5. The fraction of sp³-hybridized carbons (Fsp3) is 0.364. The number of ether oxygens (including phenoxy) is 2. The van der Waals surface area contributed by atoms with Crippen LogP contribution in [0.25, 0.3) is 0 Å². The molecule has 2 aromatic rings. The van der Waals surface area contributed by atoms with E-state index in [2.05, 4.69) is 6.92 Å². The van der Waals surface area contributed by atoms with Crippen LogP contribution in [0.5, 0.6) is 11.5 Å². The Labute approximate surface area is 165 Å². The Hall–Kier alpha value is -3.02. The first-order valence-electron chi connectivity index (χ1n) is 9.18. The van der Waals surface area contributed by atoms with Gasteiger partial charge in [-0.05, 0) is 41.7 Å². The molecule has 6 nitrogen and oxygen atoms in total. The number of carbonyl (C=O) groups is 2. The largest absolute Gasteiger partial charge is 0.496 e. The summed E-state index contributed by atoms with van der Waals surface area (Å²) in [4.78, 5) is 24.8. The van der Waals surface area contributed by atoms with Crippen LogP contribution < -0.4 is 9.47 Å². The molecule has 28 heavy (non-hydrogen) atoms. The summed E-state index contributed by atoms with van der Waals surface area (Å²) >= 11 is 0. The maximum Gasteiger partial charge on any atom is 0.341 e. The molecule has 0 aromatic heterocycles. The molecule has 0 fully saturated rings. The van der Waals surface area contributed by atoms with E-state index in [0.717, 1.165) is 23.3 Å². The van der Waals surface area contributed by atoms with Gasteiger partial charge in [-0.1, -0.05) is 37.3 Å². The summed E-state index contributed by atoms with van der Waals surface area (Å²) in [5.74, 6) is 0.592. The molecule has 1 N–H and O–H groups in total. The normalized spacial score (nSPS) is 11.5. The number of hydrogen-bond acceptors (Lipinski definition) is 4. The van der Waals surface area contributed by atoms with E-state index < -0.39 is 5.97 Å². The van der Waals surface area contributed by atoms with Crippen molar-refractivity contribution in [2.75, 3.05) is 20.8 Å². The van der Waals surface area contributed by atoms with Crippen LogP contribution in [0.3, 0.4) is 0 Å². The number of nitrogens with zero attached hydrogens (tertiary/aromatic N) is 1. The Balaban J connectivity index is 1.85. The minimum absolute atomic E-state index is 0.0774. The molecule has 6 heteroatoms. The monoisotopic (exact) mass is 385 g/mol. The summed E-state index contributed by atoms with van der Waals surface area (Å²) in [6, 6.07) is 14.9. The summed E-state index contributed by atoms with van der Waals surface area (Å²) in [6.45, 7) is 2.17. The number of hydrogen-bond donors (Lipinski definition) is 1. The average molecular weight is 385 g/mol. The number of methoxy groups -OCH3 is 1. The number of aliphatic carboxylic acids is 1. The third kappa shape index (κ3) is 6.61. The maximum absolute atomic E-state index is 12.6. The summed E-state index contributed by atoms with van der Waals surface area (Å²) in [6.07, 6.45) is 1.23. The number of amides is 1. The van der Waals surface area contributed by atoms with Gasteiger partial charge in [0.05, 0.1) is 7.11 Å². The molecule has 0 saturated carbocycles. The smallest absolute Gasteiger partial charge is 0.341 e. The molecular weight excluding hydrogens is 358 g/mol. The molecule has 0 aliphatic carbocycles. The van der Waals surface area contributed by atoms with E-state index in [1.807, 2.05) is 36.4 Å². The van der Waals surface area contributed by atoms with Crippen LogP contribution in [0.2, 0.25) is 0 Å². The van der Waals surface area contributed by atoms with Gasteiger partial charge in [-0.15, -0.1) is 0 Å². The van der Waals surface area contributed by atoms with Crippen molar-refractivity contribution in [1.29, 1.82) is 0 Å². The second-order valence-electron chi connectivity index (χ2n) is 6.90. The Morgan fingerprint density at radius 1 is 1.11 bits per heavy atom. The minimum atomic E-state index is -1.02. The first-order chi connectivity index (χ1) is 13.4. The van der Waals surface area contributed by atoms with E-state index >= 15 is 0 Å². The summed E-state index contributed by atoms with van der Waals surface area (Å²) in [5.41, 5.74) is 2.06. The Kier molecular flexibility index (Phi) is 7.87. The fourth-order valence-corrected chi connectivity index (χ4v) is 2.97. The van der Waals surface area contributed by atoms with Crippen molar-refractivity contribution in [1.82, 2.24) is 4.90 Å². The quantitative estimate of drug-likeness (QED) is 0.678. The Bertz CT molecular complexity index is 788. The number of carboxylic acid groups (broad SMARTS) is 1. The van der Waals surface area contributed by atoms with Gasteiger partial charge in [-0.25, -0.2) is 4.79 Å². The van der Waals surface area contributed by atoms with Gasteiger partial charge in [0.25, 0.3) is 0 Å². The van der Waals surface area contributed by atoms with E-state index in [4.69, 9.17) is 14.6 Å². The standard InChI is InChI=1S/C22H27NO5/c1-16(12-18-6-4-5-7-20(18)27-3)13-21(24)23(2)14-17-8-10-19(11-9-17)28-15-22(25)26/h4-11,16H,12-15H2,1-3H3,(H,25,26). The van der Waals surface area contributed by atoms with Crippen molar-refractivity contribution in [2.24, 2.45) is 5.92 Å². The van der Waals surface area contributed by atoms with Gasteiger partial charge in [0.2, 0.25) is 5.91 Å². The molecule has 0 heterocycles. The second-order valence-corrected chi connectivity index (χ2v) is 6.90. The highest BCUT2D eigenvalue weighted by Crippen LogP contribution is 2.22. The lowest BCUT2D eigenvalue weighted by atomic mass is 9.97. The molecule has 2 rings (SSSR count). The zero-order valence-corrected chi connectivity index (χ0v) is 16.6. The first-order valence-corrected chi connectivity index (χ1v) is 9.18. The van der Waals surface area contributed by atoms with Crippen molar-refractivity contribution < 1.29 is 24.2 Å². The third-order valence-corrected chi connectivity index (χ3v) is 4.42. The average Bonchev–Trinajstić information content (AvgIpc) is 2.67. The van der Waals surface area contributed by atoms with Crippen molar-refractivity contribution in [3.63, 3.8) is 0 Å². The van der Waals surface area contributed by atoms with E-state index in [1.165, 1.54) is 0 Å². The molecule has 0 aliphatic rings. The van der Waals surface area contributed by atoms with Crippen molar-refractivity contribution in [2.45, 2.75) is 26.3 Å². The highest BCUT2D eigenvalue weighted by atomic mass is 16.5. The molecule has 0 spiro atoms. The predicted octanol–water partition coefficient (Wildman–Crippen LogP) is 3.39. The first kappa shape index (κ1) is 21.3. The lowest BCUT2D eigenvalue weighted by Gasteiger charge is -2.20. The molecule has 0 bridgehead atoms. The lowest BCUT2D eigenvalue weighted by molar-refractivity contribution is -0.139. The van der Waals surface area contributed by atoms with Crippen LogP contribution in [0, 0.1) is 5.92 Å². The van der Waals surface area contributed by atoms with Gasteiger partial charge < -0.3 is 19.5 Å². The second kappa shape index (κ2) is 10.3. The summed E-state index contributed by atoms with van der Waals surface area (Å²) in [7, 11) is 3.44. The fourth-order valence-electron chi connectivity index (χ4n) is 2.97. The van der Waals surface area contributed by atoms with Crippen LogP contribution in [0.15, 0.2) is 48.5 Å². The van der Waals surface area contributed by atoms with Crippen LogP contribution in [-0.2, 0) is 22.6 Å². The van der Waals surface area contributed by atoms with Crippen LogP contribution in [0.1, 0.15) is 24.5 Å². The van der Waals surface area contributed by atoms with Crippen LogP contribution in [-0.4, -0.2) is 42.6 Å². The van der Waals surface area contributed by atoms with E-state index in [9.17, 15) is 9.59 Å². The van der Waals surface area contributed by atoms with E-state index in [1.54, 1.807) is 31.2 Å². The number of carbonyl (C=O) groups excluding carboxylic acids is 1. The molecule has 0 aliphatic heterocycles. The van der Waals surface area contributed by atoms with Gasteiger partial charge in [0, 0.05) is 20.0 Å². The predicted molar refractivity (Wildman–Crippen MR) is 107 cm³/mol. The summed E-state index contributed by atoms with van der Waals surface area (Å²) < 4.78 is 10.5. The van der Waals surface area contributed by atoms with Gasteiger partial charge in [0.1, 0.15) is 11.5 Å². The van der Waals surface area contributed by atoms with Gasteiger partial charge in [0.15, 0.2) is 6.61 Å². The van der Waals surface area contributed by atoms with Gasteiger partial charge in [-0.2, -0.15) is 0 Å². The SMILES string of the molecule is COc1ccccc1CC(C)CC(=O)N(C)Cc1ccc(OCC(=O)O)cc1. The zero-order valence-electron chi connectivity index (χ0n) is 16.6. The highest BCUT2D eigenvalue weighted by molar-refractivity contribution is 5.76. The van der Waals surface area contributed by atoms with Crippen LogP contribution >= 0.6 is 0 Å². The molecule has 0 saturated heterocycles. The Morgan fingerprint density at radius 3 is 2.43 bits per heavy atom. The molecule has 2 aromatic carbocycles. The lowest BCUT2D eigenvalue weighted by Crippen LogP contribution is -2.28. The topological polar surface area (TPSA) is 76.1 Å². The number of carboxylic acids is 1. The molecule has 0 radical (unpaired) electrons. The number of benzene rings is 2. The number of rotatable bonds is 10. The highest BCUT2D eigenvalue weighted by Gasteiger charge is 2.16. The minimum Gasteiger partial charge on any atom is -0.496 e. The van der Waals surface area contributed by atoms with E-state index in [-0.39, 0.29) is 18.4 Å². The molecule has 1 amide bonds. The Morgan fingerprint density at radius 2 is 1.79 bits per heavy atom. The zero-order chi connectivity index (χ0) is 20.5. The third-order valence-electron chi connectivity index (χ3n) is 4.42. The van der Waals surface area contributed by atoms with Gasteiger partial charge in [-0.3, -0.25) is 4.79 Å².